The number of carbonyl (C=O) groups excluding carboxylic acids is 1. The van der Waals surface area contributed by atoms with Crippen molar-refractivity contribution in [3.63, 3.8) is 0 Å². The van der Waals surface area contributed by atoms with Crippen molar-refractivity contribution in [2.45, 2.75) is 59.4 Å². The summed E-state index contributed by atoms with van der Waals surface area (Å²) < 4.78 is 0. The molecule has 138 valence electrons. The van der Waals surface area contributed by atoms with Crippen LogP contribution in [0.5, 0.6) is 0 Å². The fourth-order valence-corrected chi connectivity index (χ4v) is 3.21. The van der Waals surface area contributed by atoms with Gasteiger partial charge in [0.05, 0.1) is 0 Å². The number of nitrogens with one attached hydrogen (secondary N) is 1. The molecule has 2 nitrogen and oxygen atoms in total. The van der Waals surface area contributed by atoms with E-state index in [1.54, 1.807) is 0 Å². The van der Waals surface area contributed by atoms with Gasteiger partial charge in [0.15, 0.2) is 0 Å². The van der Waals surface area contributed by atoms with Gasteiger partial charge in [0.25, 0.3) is 5.91 Å². The second kappa shape index (κ2) is 9.96. The molecule has 2 heteroatoms. The maximum absolute atomic E-state index is 12.8. The molecule has 0 bridgehead atoms. The van der Waals surface area contributed by atoms with Crippen LogP contribution in [0.25, 0.3) is 11.6 Å². The third-order valence-corrected chi connectivity index (χ3v) is 4.45. The maximum atomic E-state index is 12.8. The Balaban J connectivity index is 2.50. The lowest BCUT2D eigenvalue weighted by atomic mass is 9.89. The molecule has 0 fully saturated rings. The molecule has 0 radical (unpaired) electrons. The largest absolute Gasteiger partial charge is 0.350 e. The zero-order valence-corrected chi connectivity index (χ0v) is 16.5. The van der Waals surface area contributed by atoms with E-state index in [0.29, 0.717) is 0 Å². The van der Waals surface area contributed by atoms with Crippen molar-refractivity contribution in [3.8, 4) is 0 Å². The van der Waals surface area contributed by atoms with E-state index in [4.69, 9.17) is 0 Å². The minimum absolute atomic E-state index is 0.00755. The van der Waals surface area contributed by atoms with Gasteiger partial charge in [-0.15, -0.1) is 0 Å². The van der Waals surface area contributed by atoms with Gasteiger partial charge < -0.3 is 5.32 Å². The molecule has 2 rings (SSSR count). The van der Waals surface area contributed by atoms with Gasteiger partial charge in [0, 0.05) is 11.6 Å². The van der Waals surface area contributed by atoms with Crippen LogP contribution >= 0.6 is 0 Å². The molecule has 0 unspecified atom stereocenters. The Hall–Kier alpha value is -2.35. The highest BCUT2D eigenvalue weighted by molar-refractivity contribution is 6.01. The van der Waals surface area contributed by atoms with E-state index in [2.05, 4.69) is 55.6 Å². The molecule has 2 aromatic rings. The van der Waals surface area contributed by atoms with E-state index in [0.717, 1.165) is 29.5 Å². The number of carbonyl (C=O) groups is 1. The summed E-state index contributed by atoms with van der Waals surface area (Å²) >= 11 is 0. The van der Waals surface area contributed by atoms with E-state index < -0.39 is 0 Å². The Morgan fingerprint density at radius 1 is 1.04 bits per heavy atom. The number of allylic oxidation sites excluding steroid dienone is 1. The second-order valence-electron chi connectivity index (χ2n) is 7.16. The molecule has 0 aliphatic rings. The Morgan fingerprint density at radius 2 is 1.77 bits per heavy atom. The first-order chi connectivity index (χ1) is 12.5. The smallest absolute Gasteiger partial charge is 0.252 e. The van der Waals surface area contributed by atoms with Crippen LogP contribution in [0, 0.1) is 6.92 Å². The van der Waals surface area contributed by atoms with Crippen molar-refractivity contribution in [1.29, 1.82) is 0 Å². The van der Waals surface area contributed by atoms with Crippen LogP contribution in [0.3, 0.4) is 0 Å². The third-order valence-electron chi connectivity index (χ3n) is 4.45. The lowest BCUT2D eigenvalue weighted by Crippen LogP contribution is -2.31. The number of aryl methyl sites for hydroxylation is 1. The van der Waals surface area contributed by atoms with Gasteiger partial charge in [-0.25, -0.2) is 0 Å². The van der Waals surface area contributed by atoms with E-state index >= 15 is 0 Å². The van der Waals surface area contributed by atoms with Crippen molar-refractivity contribution in [2.75, 3.05) is 0 Å². The Labute approximate surface area is 158 Å². The van der Waals surface area contributed by atoms with Crippen LogP contribution in [-0.4, -0.2) is 11.9 Å². The monoisotopic (exact) mass is 349 g/mol. The molecule has 1 amide bonds. The normalized spacial score (nSPS) is 11.7. The molecule has 26 heavy (non-hydrogen) atoms. The van der Waals surface area contributed by atoms with Gasteiger partial charge in [-0.3, -0.25) is 4.79 Å². The molecule has 2 aromatic carbocycles. The number of unbranched alkanes of at least 4 members (excludes halogenated alkanes) is 2. The number of hydrogen-bond donors (Lipinski definition) is 1. The summed E-state index contributed by atoms with van der Waals surface area (Å²) in [6, 6.07) is 16.5. The van der Waals surface area contributed by atoms with E-state index in [1.165, 1.54) is 24.0 Å². The summed E-state index contributed by atoms with van der Waals surface area (Å²) in [4.78, 5) is 12.8. The van der Waals surface area contributed by atoms with Gasteiger partial charge in [-0.1, -0.05) is 68.3 Å². The van der Waals surface area contributed by atoms with E-state index in [1.807, 2.05) is 32.0 Å². The van der Waals surface area contributed by atoms with Crippen molar-refractivity contribution < 1.29 is 4.79 Å². The van der Waals surface area contributed by atoms with Crippen LogP contribution < -0.4 is 5.32 Å². The Bertz CT molecular complexity index is 744. The van der Waals surface area contributed by atoms with Crippen molar-refractivity contribution in [1.82, 2.24) is 5.32 Å². The zero-order chi connectivity index (χ0) is 18.9. The van der Waals surface area contributed by atoms with Gasteiger partial charge in [0.2, 0.25) is 0 Å². The fourth-order valence-electron chi connectivity index (χ4n) is 3.21. The van der Waals surface area contributed by atoms with Crippen molar-refractivity contribution in [3.05, 3.63) is 70.8 Å². The van der Waals surface area contributed by atoms with Gasteiger partial charge in [-0.2, -0.15) is 0 Å². The molecule has 0 saturated heterocycles. The molecule has 0 aliphatic heterocycles. The number of hydrogen-bond acceptors (Lipinski definition) is 1. The van der Waals surface area contributed by atoms with E-state index in [-0.39, 0.29) is 11.9 Å². The quantitative estimate of drug-likeness (QED) is 0.442. The summed E-state index contributed by atoms with van der Waals surface area (Å²) in [6.45, 7) is 8.31. The SMILES string of the molecule is CCCCC/C(=C/c1ccccc1)c1c(C)cccc1C(=O)NC(C)C. The Kier molecular flexibility index (Phi) is 7.65. The van der Waals surface area contributed by atoms with Gasteiger partial charge in [-0.05, 0) is 61.9 Å². The highest BCUT2D eigenvalue weighted by Crippen LogP contribution is 2.30. The molecule has 0 saturated carbocycles. The third kappa shape index (κ3) is 5.59. The molecular formula is C24H31NO. The number of benzene rings is 2. The first kappa shape index (κ1) is 20.0. The summed E-state index contributed by atoms with van der Waals surface area (Å²) in [6.07, 6.45) is 6.74. The molecule has 0 aliphatic carbocycles. The predicted molar refractivity (Wildman–Crippen MR) is 112 cm³/mol. The van der Waals surface area contributed by atoms with Crippen LogP contribution in [0.2, 0.25) is 0 Å². The van der Waals surface area contributed by atoms with Gasteiger partial charge >= 0.3 is 0 Å². The molecular weight excluding hydrogens is 318 g/mol. The first-order valence-corrected chi connectivity index (χ1v) is 9.69. The maximum Gasteiger partial charge on any atom is 0.252 e. The number of rotatable bonds is 8. The molecule has 0 heterocycles. The van der Waals surface area contributed by atoms with Crippen molar-refractivity contribution in [2.24, 2.45) is 0 Å². The second-order valence-corrected chi connectivity index (χ2v) is 7.16. The molecule has 1 N–H and O–H groups in total. The minimum Gasteiger partial charge on any atom is -0.350 e. The zero-order valence-electron chi connectivity index (χ0n) is 16.5. The highest BCUT2D eigenvalue weighted by atomic mass is 16.1. The number of amides is 1. The highest BCUT2D eigenvalue weighted by Gasteiger charge is 2.17. The topological polar surface area (TPSA) is 29.1 Å². The summed E-state index contributed by atoms with van der Waals surface area (Å²) in [5.74, 6) is 0.00755. The van der Waals surface area contributed by atoms with Crippen LogP contribution in [0.15, 0.2) is 48.5 Å². The molecule has 0 spiro atoms. The average molecular weight is 350 g/mol. The standard InChI is InChI=1S/C24H31NO/c1-5-6-8-15-21(17-20-13-9-7-10-14-20)23-19(4)12-11-16-22(23)24(26)25-18(2)3/h7,9-14,16-18H,5-6,8,15H2,1-4H3,(H,25,26)/b21-17-. The van der Waals surface area contributed by atoms with Crippen molar-refractivity contribution >= 4 is 17.6 Å². The fraction of sp³-hybridized carbons (Fsp3) is 0.375. The first-order valence-electron chi connectivity index (χ1n) is 9.69. The summed E-state index contributed by atoms with van der Waals surface area (Å²) in [7, 11) is 0. The molecule has 0 aromatic heterocycles. The Morgan fingerprint density at radius 3 is 2.42 bits per heavy atom. The lowest BCUT2D eigenvalue weighted by Gasteiger charge is -2.17. The minimum atomic E-state index is 0.00755. The van der Waals surface area contributed by atoms with Crippen LogP contribution in [0.4, 0.5) is 0 Å². The summed E-state index contributed by atoms with van der Waals surface area (Å²) in [5, 5.41) is 3.05. The van der Waals surface area contributed by atoms with E-state index in [9.17, 15) is 4.79 Å². The van der Waals surface area contributed by atoms with Crippen LogP contribution in [0.1, 0.15) is 73.5 Å². The van der Waals surface area contributed by atoms with Gasteiger partial charge in [0.1, 0.15) is 0 Å². The lowest BCUT2D eigenvalue weighted by molar-refractivity contribution is 0.0942. The summed E-state index contributed by atoms with van der Waals surface area (Å²) in [5.41, 5.74) is 5.44. The average Bonchev–Trinajstić information content (AvgIpc) is 2.61. The predicted octanol–water partition coefficient (Wildman–Crippen LogP) is 6.25. The van der Waals surface area contributed by atoms with Crippen LogP contribution in [-0.2, 0) is 0 Å². The molecule has 0 atom stereocenters.